The van der Waals surface area contributed by atoms with Crippen LogP contribution in [0.3, 0.4) is 0 Å². The number of alkyl halides is 2. The fourth-order valence-corrected chi connectivity index (χ4v) is 7.85. The molecule has 8 rings (SSSR count). The molecule has 2 aliphatic rings. The van der Waals surface area contributed by atoms with Crippen LogP contribution in [0.4, 0.5) is 20.3 Å². The zero-order valence-electron chi connectivity index (χ0n) is 29.7. The molecule has 0 amide bonds. The van der Waals surface area contributed by atoms with Crippen molar-refractivity contribution in [2.75, 3.05) is 31.5 Å². The third kappa shape index (κ3) is 6.62. The van der Waals surface area contributed by atoms with E-state index in [1.807, 2.05) is 68.6 Å². The summed E-state index contributed by atoms with van der Waals surface area (Å²) in [4.78, 5) is 18.7. The topological polar surface area (TPSA) is 94.1 Å². The number of hydrogen-bond donors (Lipinski definition) is 1. The molecule has 0 aliphatic carbocycles. The minimum atomic E-state index is -2.72. The van der Waals surface area contributed by atoms with E-state index in [9.17, 15) is 14.0 Å². The van der Waals surface area contributed by atoms with E-state index in [-0.39, 0.29) is 5.69 Å². The average Bonchev–Trinajstić information content (AvgIpc) is 3.90. The summed E-state index contributed by atoms with van der Waals surface area (Å²) in [5, 5.41) is 14.0. The molecule has 0 saturated carbocycles. The van der Waals surface area contributed by atoms with Crippen LogP contribution in [0.15, 0.2) is 71.3 Å². The standard InChI is InChI=1S/C42H41F2N7O/c1-25-12-15-51(22-25)23-28-16-31(20-45)39-36(18-28)49-42(52-39)34-10-6-8-32(26(34)2)33-9-7-11-35(27(33)3)47-41-38-30(19-37(48-41)40(43)44)17-29(21-46-38)24-50-13-4-5-14-50/h6-11,16-19,21,25,40H,4-5,12-15,22-24H2,1-3H3,(H,47,48)/t25-/m0/s1. The number of halogens is 2. The maximum absolute atomic E-state index is 14.1. The molecule has 2 fully saturated rings. The number of nitriles is 1. The molecule has 5 heterocycles. The van der Waals surface area contributed by atoms with Gasteiger partial charge in [0, 0.05) is 42.5 Å². The summed E-state index contributed by atoms with van der Waals surface area (Å²) in [5.74, 6) is 1.43. The van der Waals surface area contributed by atoms with Crippen molar-refractivity contribution in [1.82, 2.24) is 24.8 Å². The first-order valence-electron chi connectivity index (χ1n) is 18.1. The molecule has 0 radical (unpaired) electrons. The predicted molar refractivity (Wildman–Crippen MR) is 200 cm³/mol. The molecule has 2 aliphatic heterocycles. The third-order valence-corrected chi connectivity index (χ3v) is 10.6. The minimum absolute atomic E-state index is 0.289. The molecular formula is C42H41F2N7O. The van der Waals surface area contributed by atoms with Gasteiger partial charge in [-0.2, -0.15) is 5.26 Å². The van der Waals surface area contributed by atoms with Crippen LogP contribution in [0.25, 0.3) is 44.6 Å². The highest BCUT2D eigenvalue weighted by Gasteiger charge is 2.22. The second-order valence-corrected chi connectivity index (χ2v) is 14.4. The smallest absolute Gasteiger partial charge is 0.280 e. The Balaban J connectivity index is 1.12. The summed E-state index contributed by atoms with van der Waals surface area (Å²) in [6, 6.07) is 21.6. The number of rotatable bonds is 9. The normalized spacial score (nSPS) is 16.8. The zero-order chi connectivity index (χ0) is 35.9. The fourth-order valence-electron chi connectivity index (χ4n) is 7.85. The summed E-state index contributed by atoms with van der Waals surface area (Å²) >= 11 is 0. The lowest BCUT2D eigenvalue weighted by Crippen LogP contribution is -2.19. The van der Waals surface area contributed by atoms with Gasteiger partial charge in [-0.15, -0.1) is 0 Å². The van der Waals surface area contributed by atoms with Crippen LogP contribution >= 0.6 is 0 Å². The molecule has 0 unspecified atom stereocenters. The van der Waals surface area contributed by atoms with E-state index in [0.717, 1.165) is 83.9 Å². The van der Waals surface area contributed by atoms with Gasteiger partial charge in [-0.25, -0.2) is 18.7 Å². The van der Waals surface area contributed by atoms with E-state index in [1.54, 1.807) is 0 Å². The minimum Gasteiger partial charge on any atom is -0.435 e. The second-order valence-electron chi connectivity index (χ2n) is 14.4. The molecule has 3 aromatic carbocycles. The van der Waals surface area contributed by atoms with Crippen molar-refractivity contribution in [3.63, 3.8) is 0 Å². The molecule has 264 valence electrons. The van der Waals surface area contributed by atoms with Crippen LogP contribution in [0.1, 0.15) is 66.1 Å². The first-order valence-corrected chi connectivity index (χ1v) is 18.1. The number of nitrogens with one attached hydrogen (secondary N) is 1. The second kappa shape index (κ2) is 14.1. The number of anilines is 2. The van der Waals surface area contributed by atoms with Gasteiger partial charge in [0.25, 0.3) is 6.43 Å². The number of oxazole rings is 1. The Hall–Kier alpha value is -5.24. The number of pyridine rings is 2. The summed E-state index contributed by atoms with van der Waals surface area (Å²) < 4.78 is 34.5. The molecule has 1 N–H and O–H groups in total. The van der Waals surface area contributed by atoms with Gasteiger partial charge >= 0.3 is 0 Å². The Morgan fingerprint density at radius 1 is 0.904 bits per heavy atom. The molecule has 10 heteroatoms. The summed E-state index contributed by atoms with van der Waals surface area (Å²) in [6.45, 7) is 12.0. The molecule has 2 saturated heterocycles. The number of likely N-dealkylation sites (tertiary alicyclic amines) is 2. The number of fused-ring (bicyclic) bond motifs is 2. The van der Waals surface area contributed by atoms with Crippen LogP contribution in [-0.2, 0) is 13.1 Å². The molecule has 3 aromatic heterocycles. The maximum Gasteiger partial charge on any atom is 0.280 e. The molecule has 8 nitrogen and oxygen atoms in total. The Morgan fingerprint density at radius 2 is 1.65 bits per heavy atom. The Bertz CT molecular complexity index is 2340. The van der Waals surface area contributed by atoms with E-state index < -0.39 is 6.43 Å². The Morgan fingerprint density at radius 3 is 2.40 bits per heavy atom. The lowest BCUT2D eigenvalue weighted by atomic mass is 9.93. The summed E-state index contributed by atoms with van der Waals surface area (Å²) in [5.41, 5.74) is 9.37. The largest absolute Gasteiger partial charge is 0.435 e. The highest BCUT2D eigenvalue weighted by atomic mass is 19.3. The van der Waals surface area contributed by atoms with Gasteiger partial charge in [0.15, 0.2) is 11.4 Å². The van der Waals surface area contributed by atoms with Gasteiger partial charge in [0.2, 0.25) is 5.89 Å². The van der Waals surface area contributed by atoms with E-state index in [4.69, 9.17) is 14.4 Å². The summed E-state index contributed by atoms with van der Waals surface area (Å²) in [7, 11) is 0. The van der Waals surface area contributed by atoms with E-state index >= 15 is 0 Å². The molecular weight excluding hydrogens is 657 g/mol. The van der Waals surface area contributed by atoms with Crippen molar-refractivity contribution < 1.29 is 13.2 Å². The lowest BCUT2D eigenvalue weighted by molar-refractivity contribution is 0.146. The van der Waals surface area contributed by atoms with E-state index in [1.165, 1.54) is 25.3 Å². The van der Waals surface area contributed by atoms with Crippen molar-refractivity contribution in [2.45, 2.75) is 59.5 Å². The van der Waals surface area contributed by atoms with Gasteiger partial charge in [0.1, 0.15) is 22.8 Å². The van der Waals surface area contributed by atoms with Gasteiger partial charge in [-0.3, -0.25) is 14.8 Å². The van der Waals surface area contributed by atoms with Crippen molar-refractivity contribution in [3.05, 3.63) is 100 Å². The van der Waals surface area contributed by atoms with Crippen molar-refractivity contribution in [1.29, 1.82) is 5.26 Å². The van der Waals surface area contributed by atoms with Gasteiger partial charge in [-0.05, 0) is 128 Å². The number of nitrogens with zero attached hydrogens (tertiary/aromatic N) is 6. The van der Waals surface area contributed by atoms with Crippen LogP contribution < -0.4 is 5.32 Å². The Labute approximate surface area is 302 Å². The quantitative estimate of drug-likeness (QED) is 0.160. The zero-order valence-corrected chi connectivity index (χ0v) is 29.7. The van der Waals surface area contributed by atoms with Crippen LogP contribution in [0.5, 0.6) is 0 Å². The summed E-state index contributed by atoms with van der Waals surface area (Å²) in [6.07, 6.45) is 2.65. The van der Waals surface area contributed by atoms with Gasteiger partial charge in [0.05, 0.1) is 5.56 Å². The van der Waals surface area contributed by atoms with Crippen LogP contribution in [0.2, 0.25) is 0 Å². The first-order chi connectivity index (χ1) is 25.2. The van der Waals surface area contributed by atoms with E-state index in [2.05, 4.69) is 39.2 Å². The van der Waals surface area contributed by atoms with Gasteiger partial charge in [-0.1, -0.05) is 31.2 Å². The highest BCUT2D eigenvalue weighted by Crippen LogP contribution is 2.38. The average molecular weight is 698 g/mol. The SMILES string of the molecule is Cc1c(Nc2nc(C(F)F)cc3cc(CN4CCCC4)cnc23)cccc1-c1cccc(-c2nc3cc(CN4CC[C@H](C)C4)cc(C#N)c3o2)c1C. The van der Waals surface area contributed by atoms with Crippen molar-refractivity contribution >= 4 is 33.5 Å². The fraction of sp³-hybridized carbons (Fsp3) is 0.333. The van der Waals surface area contributed by atoms with Gasteiger partial charge < -0.3 is 9.73 Å². The number of benzene rings is 3. The molecule has 0 bridgehead atoms. The lowest BCUT2D eigenvalue weighted by Gasteiger charge is -2.18. The molecule has 1 atom stereocenters. The Kier molecular flexibility index (Phi) is 9.16. The first kappa shape index (κ1) is 33.9. The number of aromatic nitrogens is 3. The van der Waals surface area contributed by atoms with Crippen LogP contribution in [-0.4, -0.2) is 50.9 Å². The monoisotopic (exact) mass is 697 g/mol. The van der Waals surface area contributed by atoms with Crippen molar-refractivity contribution in [3.8, 4) is 28.7 Å². The molecule has 0 spiro atoms. The van der Waals surface area contributed by atoms with E-state index in [0.29, 0.717) is 45.2 Å². The molecule has 52 heavy (non-hydrogen) atoms. The van der Waals surface area contributed by atoms with Crippen LogP contribution in [0, 0.1) is 31.1 Å². The highest BCUT2D eigenvalue weighted by molar-refractivity contribution is 5.92. The van der Waals surface area contributed by atoms with Crippen molar-refractivity contribution in [2.24, 2.45) is 5.92 Å². The third-order valence-electron chi connectivity index (χ3n) is 10.6. The molecule has 6 aromatic rings. The predicted octanol–water partition coefficient (Wildman–Crippen LogP) is 9.71. The maximum atomic E-state index is 14.1. The number of hydrogen-bond acceptors (Lipinski definition) is 8.